The van der Waals surface area contributed by atoms with Gasteiger partial charge in [-0.15, -0.1) is 0 Å². The summed E-state index contributed by atoms with van der Waals surface area (Å²) in [7, 11) is 2.90. The van der Waals surface area contributed by atoms with Crippen LogP contribution in [0.2, 0.25) is 0 Å². The van der Waals surface area contributed by atoms with Crippen LogP contribution >= 0.6 is 0 Å². The van der Waals surface area contributed by atoms with Crippen molar-refractivity contribution in [2.75, 3.05) is 40.6 Å². The Morgan fingerprint density at radius 1 is 1.00 bits per heavy atom. The fourth-order valence-corrected chi connectivity index (χ4v) is 3.74. The fraction of sp³-hybridized carbons (Fsp3) is 0.571. The first-order chi connectivity index (χ1) is 14.2. The molecule has 4 unspecified atom stereocenters. The molecule has 9 nitrogen and oxygen atoms in total. The van der Waals surface area contributed by atoms with Gasteiger partial charge in [-0.2, -0.15) is 0 Å². The molecule has 1 aliphatic rings. The normalized spacial score (nSPS) is 26.3. The molecule has 0 bridgehead atoms. The monoisotopic (exact) mass is 424 g/mol. The molecule has 1 aliphatic carbocycles. The molecule has 1 saturated carbocycles. The zero-order valence-corrected chi connectivity index (χ0v) is 17.3. The van der Waals surface area contributed by atoms with Gasteiger partial charge in [0.2, 0.25) is 0 Å². The molecule has 166 valence electrons. The lowest BCUT2D eigenvalue weighted by molar-refractivity contribution is -0.174. The van der Waals surface area contributed by atoms with E-state index in [0.717, 1.165) is 0 Å². The quantitative estimate of drug-likeness (QED) is 0.336. The molecule has 30 heavy (non-hydrogen) atoms. The summed E-state index contributed by atoms with van der Waals surface area (Å²) < 4.78 is 20.2. The number of carbonyl (C=O) groups is 3. The Morgan fingerprint density at radius 3 is 2.07 bits per heavy atom. The first-order valence-electron chi connectivity index (χ1n) is 9.58. The van der Waals surface area contributed by atoms with Crippen molar-refractivity contribution >= 4 is 17.7 Å². The number of Topliss-reactive ketones (excluding diaryl/α,β-unsaturated/α-hetero) is 1. The molecular weight excluding hydrogens is 396 g/mol. The maximum Gasteiger partial charge on any atom is 0.317 e. The SMILES string of the molecule is COCCOC(=O)C1C(=O)CC(C)(O)C(C(=O)OCCOC)C1c1ccc(O)cc1. The number of hydrogen-bond acceptors (Lipinski definition) is 9. The van der Waals surface area contributed by atoms with Crippen LogP contribution in [0.3, 0.4) is 0 Å². The van der Waals surface area contributed by atoms with Gasteiger partial charge in [-0.3, -0.25) is 14.4 Å². The summed E-state index contributed by atoms with van der Waals surface area (Å²) in [6, 6.07) is 5.76. The predicted octanol–water partition coefficient (Wildman–Crippen LogP) is 0.811. The van der Waals surface area contributed by atoms with Crippen molar-refractivity contribution in [2.24, 2.45) is 11.8 Å². The van der Waals surface area contributed by atoms with Gasteiger partial charge in [0.1, 0.15) is 24.9 Å². The number of phenols is 1. The topological polar surface area (TPSA) is 129 Å². The van der Waals surface area contributed by atoms with E-state index in [1.807, 2.05) is 0 Å². The number of aromatic hydroxyl groups is 1. The van der Waals surface area contributed by atoms with Gasteiger partial charge >= 0.3 is 11.9 Å². The van der Waals surface area contributed by atoms with Crippen LogP contribution in [0.1, 0.15) is 24.8 Å². The van der Waals surface area contributed by atoms with E-state index in [4.69, 9.17) is 18.9 Å². The van der Waals surface area contributed by atoms with E-state index < -0.39 is 47.5 Å². The molecule has 0 saturated heterocycles. The molecule has 0 spiro atoms. The molecule has 0 heterocycles. The lowest BCUT2D eigenvalue weighted by Gasteiger charge is -2.43. The number of aliphatic hydroxyl groups is 1. The second-order valence-electron chi connectivity index (χ2n) is 7.39. The average molecular weight is 424 g/mol. The van der Waals surface area contributed by atoms with Crippen LogP contribution in [-0.4, -0.2) is 74.2 Å². The zero-order chi connectivity index (χ0) is 22.3. The summed E-state index contributed by atoms with van der Waals surface area (Å²) in [4.78, 5) is 38.5. The van der Waals surface area contributed by atoms with E-state index in [2.05, 4.69) is 0 Å². The maximum atomic E-state index is 12.9. The fourth-order valence-electron chi connectivity index (χ4n) is 3.74. The second kappa shape index (κ2) is 10.5. The van der Waals surface area contributed by atoms with Crippen molar-refractivity contribution < 1.29 is 43.5 Å². The number of rotatable bonds is 9. The van der Waals surface area contributed by atoms with E-state index >= 15 is 0 Å². The number of carbonyl (C=O) groups excluding carboxylic acids is 3. The summed E-state index contributed by atoms with van der Waals surface area (Å²) in [5.41, 5.74) is -1.32. The van der Waals surface area contributed by atoms with Crippen molar-refractivity contribution in [3.05, 3.63) is 29.8 Å². The van der Waals surface area contributed by atoms with E-state index in [-0.39, 0.29) is 32.2 Å². The molecule has 9 heteroatoms. The standard InChI is InChI=1S/C21H28O9/c1-21(26)12-15(23)17(19(24)29-10-8-27-2)16(13-4-6-14(22)7-5-13)18(21)20(25)30-11-9-28-3/h4-7,16-18,22,26H,8-12H2,1-3H3. The third kappa shape index (κ3) is 5.56. The Bertz CT molecular complexity index is 741. The highest BCUT2D eigenvalue weighted by atomic mass is 16.6. The number of ether oxygens (including phenoxy) is 4. The van der Waals surface area contributed by atoms with Crippen molar-refractivity contribution in [3.8, 4) is 5.75 Å². The molecule has 0 amide bonds. The number of phenolic OH excluding ortho intramolecular Hbond substituents is 1. The highest BCUT2D eigenvalue weighted by Crippen LogP contribution is 2.46. The first kappa shape index (κ1) is 23.8. The van der Waals surface area contributed by atoms with Crippen LogP contribution in [0.5, 0.6) is 5.75 Å². The zero-order valence-electron chi connectivity index (χ0n) is 17.3. The Labute approximate surface area is 174 Å². The molecule has 4 atom stereocenters. The van der Waals surface area contributed by atoms with Crippen LogP contribution in [-0.2, 0) is 33.3 Å². The highest BCUT2D eigenvalue weighted by molar-refractivity contribution is 6.02. The van der Waals surface area contributed by atoms with Crippen LogP contribution in [0.4, 0.5) is 0 Å². The third-order valence-electron chi connectivity index (χ3n) is 5.12. The summed E-state index contributed by atoms with van der Waals surface area (Å²) in [5, 5.41) is 20.6. The number of hydrogen-bond donors (Lipinski definition) is 2. The second-order valence-corrected chi connectivity index (χ2v) is 7.39. The predicted molar refractivity (Wildman–Crippen MR) is 104 cm³/mol. The first-order valence-corrected chi connectivity index (χ1v) is 9.58. The van der Waals surface area contributed by atoms with Crippen molar-refractivity contribution in [1.29, 1.82) is 0 Å². The van der Waals surface area contributed by atoms with Crippen LogP contribution in [0, 0.1) is 11.8 Å². The number of esters is 2. The van der Waals surface area contributed by atoms with Gasteiger partial charge in [0, 0.05) is 26.6 Å². The number of methoxy groups -OCH3 is 2. The van der Waals surface area contributed by atoms with Gasteiger partial charge in [-0.1, -0.05) is 12.1 Å². The minimum absolute atomic E-state index is 0.0221. The van der Waals surface area contributed by atoms with E-state index in [1.165, 1.54) is 45.4 Å². The molecule has 2 N–H and O–H groups in total. The summed E-state index contributed by atoms with van der Waals surface area (Å²) in [6.07, 6.45) is -0.407. The molecule has 0 aliphatic heterocycles. The van der Waals surface area contributed by atoms with Gasteiger partial charge in [-0.25, -0.2) is 0 Å². The molecule has 1 fully saturated rings. The van der Waals surface area contributed by atoms with E-state index in [1.54, 1.807) is 0 Å². The Kier molecular flexibility index (Phi) is 8.33. The molecule has 0 aromatic heterocycles. The molecule has 1 aromatic carbocycles. The minimum atomic E-state index is -1.74. The van der Waals surface area contributed by atoms with Crippen molar-refractivity contribution in [1.82, 2.24) is 0 Å². The number of benzene rings is 1. The lowest BCUT2D eigenvalue weighted by Crippen LogP contribution is -2.55. The minimum Gasteiger partial charge on any atom is -0.508 e. The van der Waals surface area contributed by atoms with Gasteiger partial charge < -0.3 is 29.2 Å². The molecular formula is C21H28O9. The third-order valence-corrected chi connectivity index (χ3v) is 5.12. The van der Waals surface area contributed by atoms with Crippen LogP contribution < -0.4 is 0 Å². The Morgan fingerprint density at radius 2 is 1.53 bits per heavy atom. The molecule has 1 aromatic rings. The van der Waals surface area contributed by atoms with Gasteiger partial charge in [-0.05, 0) is 24.6 Å². The Hall–Kier alpha value is -2.49. The van der Waals surface area contributed by atoms with Gasteiger partial charge in [0.15, 0.2) is 5.78 Å². The molecule has 0 radical (unpaired) electrons. The van der Waals surface area contributed by atoms with Gasteiger partial charge in [0.05, 0.1) is 24.7 Å². The summed E-state index contributed by atoms with van der Waals surface area (Å²) in [5.74, 6) is -5.68. The smallest absolute Gasteiger partial charge is 0.317 e. The van der Waals surface area contributed by atoms with Crippen molar-refractivity contribution in [3.63, 3.8) is 0 Å². The highest BCUT2D eigenvalue weighted by Gasteiger charge is 2.57. The maximum absolute atomic E-state index is 12.9. The van der Waals surface area contributed by atoms with Gasteiger partial charge in [0.25, 0.3) is 0 Å². The largest absolute Gasteiger partial charge is 0.508 e. The van der Waals surface area contributed by atoms with E-state index in [9.17, 15) is 24.6 Å². The van der Waals surface area contributed by atoms with Crippen LogP contribution in [0.15, 0.2) is 24.3 Å². The van der Waals surface area contributed by atoms with Crippen LogP contribution in [0.25, 0.3) is 0 Å². The Balaban J connectivity index is 2.46. The lowest BCUT2D eigenvalue weighted by atomic mass is 9.61. The van der Waals surface area contributed by atoms with E-state index in [0.29, 0.717) is 5.56 Å². The number of ketones is 1. The summed E-state index contributed by atoms with van der Waals surface area (Å²) in [6.45, 7) is 1.58. The summed E-state index contributed by atoms with van der Waals surface area (Å²) >= 11 is 0. The van der Waals surface area contributed by atoms with Crippen molar-refractivity contribution in [2.45, 2.75) is 24.9 Å². The molecule has 2 rings (SSSR count). The average Bonchev–Trinajstić information content (AvgIpc) is 2.67.